The van der Waals surface area contributed by atoms with Crippen LogP contribution in [0.5, 0.6) is 0 Å². The molecule has 17 N–H and O–H groups in total. The van der Waals surface area contributed by atoms with Crippen molar-refractivity contribution in [3.63, 3.8) is 0 Å². The van der Waals surface area contributed by atoms with E-state index in [0.717, 1.165) is 13.8 Å². The van der Waals surface area contributed by atoms with Crippen molar-refractivity contribution in [3.8, 4) is 0 Å². The van der Waals surface area contributed by atoms with E-state index in [4.69, 9.17) is 42.6 Å². The summed E-state index contributed by atoms with van der Waals surface area (Å²) in [6.07, 6.45) is -42.3. The maximum absolute atomic E-state index is 12.4. The molecule has 5 aliphatic rings. The molecule has 0 bridgehead atoms. The summed E-state index contributed by atoms with van der Waals surface area (Å²) < 4.78 is 50.8. The van der Waals surface area contributed by atoms with Crippen LogP contribution in [0.4, 0.5) is 0 Å². The predicted molar refractivity (Wildman–Crippen MR) is 190 cm³/mol. The van der Waals surface area contributed by atoms with Gasteiger partial charge in [-0.05, 0) is 0 Å². The van der Waals surface area contributed by atoms with Gasteiger partial charge in [0.1, 0.15) is 122 Å². The van der Waals surface area contributed by atoms with Crippen LogP contribution in [-0.2, 0) is 52.2 Å². The summed E-state index contributed by atoms with van der Waals surface area (Å²) in [5.41, 5.74) is 0. The van der Waals surface area contributed by atoms with E-state index in [1.807, 2.05) is 0 Å². The Bertz CT molecular complexity index is 1440. The average Bonchev–Trinajstić information content (AvgIpc) is 3.23. The minimum atomic E-state index is -2.18. The van der Waals surface area contributed by atoms with Gasteiger partial charge in [-0.2, -0.15) is 0 Å². The molecule has 0 aliphatic carbocycles. The van der Waals surface area contributed by atoms with E-state index in [1.54, 1.807) is 0 Å². The lowest BCUT2D eigenvalue weighted by Gasteiger charge is -2.50. The van der Waals surface area contributed by atoms with Gasteiger partial charge in [0.15, 0.2) is 31.5 Å². The van der Waals surface area contributed by atoms with Gasteiger partial charge in [0.25, 0.3) is 0 Å². The second-order valence-corrected chi connectivity index (χ2v) is 15.5. The summed E-state index contributed by atoms with van der Waals surface area (Å²) in [7, 11) is 0. The number of carbonyl (C=O) groups is 2. The van der Waals surface area contributed by atoms with Crippen LogP contribution in [0, 0.1) is 0 Å². The molecular weight excluding hydrogens is 852 g/mol. The molecule has 0 aromatic heterocycles. The van der Waals surface area contributed by atoms with E-state index in [1.165, 1.54) is 0 Å². The Balaban J connectivity index is 1.41. The molecule has 0 aromatic carbocycles. The van der Waals surface area contributed by atoms with Crippen molar-refractivity contribution >= 4 is 11.8 Å². The van der Waals surface area contributed by atoms with Crippen molar-refractivity contribution in [2.45, 2.75) is 167 Å². The van der Waals surface area contributed by atoms with Crippen molar-refractivity contribution in [1.29, 1.82) is 0 Å². The molecule has 5 rings (SSSR count). The zero-order chi connectivity index (χ0) is 45.9. The monoisotopic (exact) mass is 910 g/mol. The van der Waals surface area contributed by atoms with Crippen LogP contribution in [0.1, 0.15) is 13.8 Å². The molecule has 0 radical (unpaired) electrons. The van der Waals surface area contributed by atoms with Crippen LogP contribution in [0.2, 0.25) is 0 Å². The van der Waals surface area contributed by atoms with Gasteiger partial charge < -0.3 is 130 Å². The van der Waals surface area contributed by atoms with Gasteiger partial charge in [-0.3, -0.25) is 9.59 Å². The number of hydrogen-bond donors (Lipinski definition) is 17. The number of rotatable bonds is 15. The second kappa shape index (κ2) is 22.0. The largest absolute Gasteiger partial charge is 0.394 e. The van der Waals surface area contributed by atoms with Crippen molar-refractivity contribution in [1.82, 2.24) is 10.6 Å². The summed E-state index contributed by atoms with van der Waals surface area (Å²) in [6.45, 7) is -2.31. The third-order valence-corrected chi connectivity index (χ3v) is 11.1. The molecule has 5 saturated heterocycles. The summed E-state index contributed by atoms with van der Waals surface area (Å²) in [4.78, 5) is 24.2. The van der Waals surface area contributed by atoms with E-state index in [9.17, 15) is 86.2 Å². The fourth-order valence-corrected chi connectivity index (χ4v) is 7.73. The third kappa shape index (κ3) is 11.0. The second-order valence-electron chi connectivity index (χ2n) is 15.5. The lowest BCUT2D eigenvalue weighted by Crippen LogP contribution is -2.70. The van der Waals surface area contributed by atoms with Crippen molar-refractivity contribution in [3.05, 3.63) is 0 Å². The van der Waals surface area contributed by atoms with Gasteiger partial charge in [-0.25, -0.2) is 0 Å². The first-order valence-electron chi connectivity index (χ1n) is 19.6. The minimum absolute atomic E-state index is 0.693. The molecule has 28 nitrogen and oxygen atoms in total. The summed E-state index contributed by atoms with van der Waals surface area (Å²) in [5.74, 6) is -1.49. The van der Waals surface area contributed by atoms with Gasteiger partial charge in [-0.1, -0.05) is 0 Å². The molecule has 5 aliphatic heterocycles. The minimum Gasteiger partial charge on any atom is -0.394 e. The zero-order valence-corrected chi connectivity index (χ0v) is 33.2. The molecule has 5 heterocycles. The quantitative estimate of drug-likeness (QED) is 0.0725. The number of carbonyl (C=O) groups excluding carboxylic acids is 2. The maximum Gasteiger partial charge on any atom is 0.217 e. The first-order chi connectivity index (χ1) is 29.3. The summed E-state index contributed by atoms with van der Waals surface area (Å²) >= 11 is 0. The molecule has 0 spiro atoms. The molecule has 2 amide bonds. The summed E-state index contributed by atoms with van der Waals surface area (Å²) in [6, 6.07) is -3.19. The smallest absolute Gasteiger partial charge is 0.217 e. The molecule has 360 valence electrons. The summed E-state index contributed by atoms with van der Waals surface area (Å²) in [5, 5.41) is 163. The molecule has 25 atom stereocenters. The number of hydrogen-bond acceptors (Lipinski definition) is 26. The van der Waals surface area contributed by atoms with E-state index in [2.05, 4.69) is 10.6 Å². The Morgan fingerprint density at radius 2 is 0.823 bits per heavy atom. The zero-order valence-electron chi connectivity index (χ0n) is 33.2. The fourth-order valence-electron chi connectivity index (χ4n) is 7.73. The lowest BCUT2D eigenvalue weighted by molar-refractivity contribution is -0.384. The SMILES string of the molecule is CC(=O)N[C@H]1[C@H](O[C@@H]2[C@@H](O)[C@H](NC(C)=O)[C@@H](O)O[C@H]2CO)O[C@H](CO)[C@@H](O[C@H]2O[C@@H](CO[C@@H]3O[C@@H](CO)[C@H](O)[C@@H](O)[C@H]3O)[C@H](O)[C@@H](O[C@@H]3O[C@@H](CO)[C@H](O)[C@@H](O)[C@H]3O)[C@H]2O)[C@@H]1O. The highest BCUT2D eigenvalue weighted by atomic mass is 16.8. The lowest BCUT2D eigenvalue weighted by atomic mass is 9.94. The van der Waals surface area contributed by atoms with E-state index >= 15 is 0 Å². The molecule has 62 heavy (non-hydrogen) atoms. The van der Waals surface area contributed by atoms with Crippen LogP contribution in [0.3, 0.4) is 0 Å². The molecule has 28 heteroatoms. The Labute approximate surface area is 351 Å². The van der Waals surface area contributed by atoms with Crippen molar-refractivity contribution in [2.75, 3.05) is 33.0 Å². The van der Waals surface area contributed by atoms with Crippen LogP contribution < -0.4 is 10.6 Å². The van der Waals surface area contributed by atoms with Crippen LogP contribution in [-0.4, -0.2) is 275 Å². The highest BCUT2D eigenvalue weighted by Gasteiger charge is 2.56. The van der Waals surface area contributed by atoms with E-state index < -0.39 is 198 Å². The van der Waals surface area contributed by atoms with Crippen LogP contribution in [0.15, 0.2) is 0 Å². The maximum atomic E-state index is 12.4. The van der Waals surface area contributed by atoms with Crippen molar-refractivity contribution < 1.29 is 129 Å². The molecule has 0 unspecified atom stereocenters. The van der Waals surface area contributed by atoms with Crippen LogP contribution in [0.25, 0.3) is 0 Å². The number of nitrogens with one attached hydrogen (secondary N) is 2. The molecule has 5 fully saturated rings. The average molecular weight is 911 g/mol. The van der Waals surface area contributed by atoms with Gasteiger partial charge in [0.2, 0.25) is 11.8 Å². The molecular formula is C34H58N2O26. The molecule has 0 saturated carbocycles. The first kappa shape index (κ1) is 51.0. The fraction of sp³-hybridized carbons (Fsp3) is 0.941. The molecule has 0 aromatic rings. The highest BCUT2D eigenvalue weighted by Crippen LogP contribution is 2.35. The third-order valence-electron chi connectivity index (χ3n) is 11.1. The van der Waals surface area contributed by atoms with Gasteiger partial charge in [0.05, 0.1) is 33.0 Å². The first-order valence-corrected chi connectivity index (χ1v) is 19.6. The van der Waals surface area contributed by atoms with Gasteiger partial charge >= 0.3 is 0 Å². The van der Waals surface area contributed by atoms with Gasteiger partial charge in [0, 0.05) is 13.8 Å². The van der Waals surface area contributed by atoms with Gasteiger partial charge in [-0.15, -0.1) is 0 Å². The Morgan fingerprint density at radius 3 is 1.35 bits per heavy atom. The Kier molecular flexibility index (Phi) is 18.1. The Morgan fingerprint density at radius 1 is 0.419 bits per heavy atom. The topological polar surface area (TPSA) is 445 Å². The number of ether oxygens (including phenoxy) is 9. The standard InChI is InChI=1S/C34H58N2O26/c1-8(41)35-15-20(46)27(12(5-39)55-30(15)53)60-31-16(36-9(2)42)21(47)28(13(6-40)58-31)61-34-26(52)29(62-33-25(51)23(49)18(44)11(4-38)57-33)19(45)14(59-34)7-54-32-24(50)22(48)17(43)10(3-37)56-32/h10-34,37-40,43-53H,3-7H2,1-2H3,(H,35,41)(H,36,42)/t10-,11-,12-,13+,14-,15-,16+,17-,18-,19-,20-,21+,22+,23+,24+,25+,26+,27-,28+,29+,30-,31-,32+,33-,34+/m0/s1. The number of aliphatic hydroxyl groups is 15. The van der Waals surface area contributed by atoms with Crippen molar-refractivity contribution in [2.24, 2.45) is 0 Å². The normalized spacial score (nSPS) is 49.0. The van der Waals surface area contributed by atoms with E-state index in [-0.39, 0.29) is 0 Å². The van der Waals surface area contributed by atoms with E-state index in [0.29, 0.717) is 0 Å². The Hall–Kier alpha value is -2.02. The highest BCUT2D eigenvalue weighted by molar-refractivity contribution is 5.73. The van der Waals surface area contributed by atoms with Crippen LogP contribution >= 0.6 is 0 Å². The number of amides is 2. The number of aliphatic hydroxyl groups excluding tert-OH is 15. The predicted octanol–water partition coefficient (Wildman–Crippen LogP) is -11.6.